The fraction of sp³-hybridized carbons (Fsp3) is 0.643. The van der Waals surface area contributed by atoms with Crippen molar-refractivity contribution in [3.8, 4) is 6.01 Å². The van der Waals surface area contributed by atoms with Gasteiger partial charge in [0.2, 0.25) is 0 Å². The number of urea groups is 1. The molecular formula is C14H19F3N4O2. The monoisotopic (exact) mass is 332 g/mol. The van der Waals surface area contributed by atoms with E-state index in [9.17, 15) is 18.0 Å². The van der Waals surface area contributed by atoms with Crippen molar-refractivity contribution >= 4 is 6.03 Å². The van der Waals surface area contributed by atoms with Gasteiger partial charge < -0.3 is 15.0 Å². The highest BCUT2D eigenvalue weighted by Crippen LogP contribution is 2.28. The van der Waals surface area contributed by atoms with Crippen molar-refractivity contribution < 1.29 is 22.7 Å². The number of piperidine rings is 1. The van der Waals surface area contributed by atoms with E-state index in [-0.39, 0.29) is 24.6 Å². The first-order chi connectivity index (χ1) is 10.8. The lowest BCUT2D eigenvalue weighted by atomic mass is 10.1. The number of halogens is 3. The zero-order chi connectivity index (χ0) is 17.0. The third-order valence-electron chi connectivity index (χ3n) is 3.27. The van der Waals surface area contributed by atoms with Gasteiger partial charge in [0.15, 0.2) is 5.69 Å². The molecule has 1 aromatic rings. The zero-order valence-corrected chi connectivity index (χ0v) is 12.9. The molecule has 0 aromatic carbocycles. The third-order valence-corrected chi connectivity index (χ3v) is 3.27. The fourth-order valence-corrected chi connectivity index (χ4v) is 2.26. The molecule has 0 saturated carbocycles. The SMILES string of the molecule is CC(C)NC(=O)N1CCCC(Oc2nccc(C(F)(F)F)n2)C1. The van der Waals surface area contributed by atoms with Crippen LogP contribution in [-0.4, -0.2) is 46.1 Å². The topological polar surface area (TPSA) is 67.4 Å². The van der Waals surface area contributed by atoms with Crippen molar-refractivity contribution in [2.75, 3.05) is 13.1 Å². The summed E-state index contributed by atoms with van der Waals surface area (Å²) < 4.78 is 43.3. The summed E-state index contributed by atoms with van der Waals surface area (Å²) >= 11 is 0. The quantitative estimate of drug-likeness (QED) is 0.923. The summed E-state index contributed by atoms with van der Waals surface area (Å²) in [4.78, 5) is 20.6. The lowest BCUT2D eigenvalue weighted by molar-refractivity contribution is -0.141. The van der Waals surface area contributed by atoms with Crippen LogP contribution >= 0.6 is 0 Å². The number of likely N-dealkylation sites (tertiary alicyclic amines) is 1. The molecule has 1 N–H and O–H groups in total. The molecular weight excluding hydrogens is 313 g/mol. The second-order valence-electron chi connectivity index (χ2n) is 5.65. The molecule has 0 spiro atoms. The minimum atomic E-state index is -4.54. The average Bonchev–Trinajstić information content (AvgIpc) is 2.46. The molecule has 1 aliphatic rings. The van der Waals surface area contributed by atoms with Gasteiger partial charge in [-0.25, -0.2) is 9.78 Å². The van der Waals surface area contributed by atoms with Crippen LogP contribution in [0.25, 0.3) is 0 Å². The van der Waals surface area contributed by atoms with Gasteiger partial charge in [0, 0.05) is 18.8 Å². The van der Waals surface area contributed by atoms with Gasteiger partial charge in [0.25, 0.3) is 0 Å². The summed E-state index contributed by atoms with van der Waals surface area (Å²) in [6, 6.07) is 0.264. The second kappa shape index (κ2) is 7.01. The number of amides is 2. The standard InChI is InChI=1S/C14H19F3N4O2/c1-9(2)19-13(22)21-7-3-4-10(8-21)23-12-18-6-5-11(20-12)14(15,16)17/h5-6,9-10H,3-4,7-8H2,1-2H3,(H,19,22). The van der Waals surface area contributed by atoms with Gasteiger partial charge in [-0.05, 0) is 32.8 Å². The number of rotatable bonds is 3. The molecule has 6 nitrogen and oxygen atoms in total. The molecule has 2 amide bonds. The fourth-order valence-electron chi connectivity index (χ4n) is 2.26. The molecule has 1 saturated heterocycles. The number of hydrogen-bond acceptors (Lipinski definition) is 4. The number of nitrogens with zero attached hydrogens (tertiary/aromatic N) is 3. The predicted molar refractivity (Wildman–Crippen MR) is 75.9 cm³/mol. The minimum absolute atomic E-state index is 0.00981. The highest BCUT2D eigenvalue weighted by molar-refractivity contribution is 5.74. The molecule has 9 heteroatoms. The van der Waals surface area contributed by atoms with Gasteiger partial charge >= 0.3 is 18.2 Å². The van der Waals surface area contributed by atoms with Gasteiger partial charge in [0.1, 0.15) is 6.10 Å². The van der Waals surface area contributed by atoms with E-state index in [0.29, 0.717) is 19.4 Å². The summed E-state index contributed by atoms with van der Waals surface area (Å²) in [6.45, 7) is 4.58. The van der Waals surface area contributed by atoms with E-state index in [1.807, 2.05) is 13.8 Å². The number of carbonyl (C=O) groups excluding carboxylic acids is 1. The second-order valence-corrected chi connectivity index (χ2v) is 5.65. The van der Waals surface area contributed by atoms with E-state index in [4.69, 9.17) is 4.74 Å². The molecule has 23 heavy (non-hydrogen) atoms. The highest BCUT2D eigenvalue weighted by atomic mass is 19.4. The van der Waals surface area contributed by atoms with Crippen molar-refractivity contribution in [3.63, 3.8) is 0 Å². The molecule has 1 fully saturated rings. The van der Waals surface area contributed by atoms with E-state index in [0.717, 1.165) is 12.3 Å². The van der Waals surface area contributed by atoms with Crippen LogP contribution in [0.2, 0.25) is 0 Å². The Labute approximate surface area is 132 Å². The van der Waals surface area contributed by atoms with Crippen molar-refractivity contribution in [1.29, 1.82) is 0 Å². The van der Waals surface area contributed by atoms with Crippen molar-refractivity contribution in [2.45, 2.75) is 45.0 Å². The van der Waals surface area contributed by atoms with Crippen molar-refractivity contribution in [2.24, 2.45) is 0 Å². The molecule has 1 aliphatic heterocycles. The maximum absolute atomic E-state index is 12.6. The summed E-state index contributed by atoms with van der Waals surface area (Å²) in [5, 5.41) is 2.78. The Bertz CT molecular complexity index is 551. The number of ether oxygens (including phenoxy) is 1. The van der Waals surface area contributed by atoms with E-state index in [1.54, 1.807) is 4.90 Å². The molecule has 0 bridgehead atoms. The number of alkyl halides is 3. The van der Waals surface area contributed by atoms with Crippen molar-refractivity contribution in [1.82, 2.24) is 20.2 Å². The average molecular weight is 332 g/mol. The number of nitrogens with one attached hydrogen (secondary N) is 1. The summed E-state index contributed by atoms with van der Waals surface area (Å²) in [6.07, 6.45) is -2.63. The molecule has 128 valence electrons. The Morgan fingerprint density at radius 3 is 2.87 bits per heavy atom. The summed E-state index contributed by atoms with van der Waals surface area (Å²) in [5.41, 5.74) is -1.05. The van der Waals surface area contributed by atoms with E-state index < -0.39 is 18.0 Å². The molecule has 0 aliphatic carbocycles. The normalized spacial score (nSPS) is 18.9. The van der Waals surface area contributed by atoms with Crippen LogP contribution in [0.15, 0.2) is 12.3 Å². The Morgan fingerprint density at radius 1 is 1.48 bits per heavy atom. The van der Waals surface area contributed by atoms with Crippen LogP contribution in [0.1, 0.15) is 32.4 Å². The molecule has 1 atom stereocenters. The van der Waals surface area contributed by atoms with Crippen LogP contribution < -0.4 is 10.1 Å². The summed E-state index contributed by atoms with van der Waals surface area (Å²) in [7, 11) is 0. The molecule has 1 unspecified atom stereocenters. The Balaban J connectivity index is 1.99. The van der Waals surface area contributed by atoms with Gasteiger partial charge in [-0.1, -0.05) is 0 Å². The van der Waals surface area contributed by atoms with Gasteiger partial charge in [-0.3, -0.25) is 0 Å². The van der Waals surface area contributed by atoms with Crippen LogP contribution in [0.4, 0.5) is 18.0 Å². The van der Waals surface area contributed by atoms with E-state index in [2.05, 4.69) is 15.3 Å². The van der Waals surface area contributed by atoms with Crippen LogP contribution in [0, 0.1) is 0 Å². The van der Waals surface area contributed by atoms with Gasteiger partial charge in [-0.15, -0.1) is 0 Å². The Morgan fingerprint density at radius 2 is 2.22 bits per heavy atom. The van der Waals surface area contributed by atoms with Crippen molar-refractivity contribution in [3.05, 3.63) is 18.0 Å². The number of aromatic nitrogens is 2. The largest absolute Gasteiger partial charge is 0.458 e. The molecule has 2 heterocycles. The smallest absolute Gasteiger partial charge is 0.433 e. The highest BCUT2D eigenvalue weighted by Gasteiger charge is 2.33. The first kappa shape index (κ1) is 17.3. The van der Waals surface area contributed by atoms with E-state index in [1.165, 1.54) is 0 Å². The molecule has 0 radical (unpaired) electrons. The first-order valence-corrected chi connectivity index (χ1v) is 7.38. The minimum Gasteiger partial charge on any atom is -0.458 e. The number of hydrogen-bond donors (Lipinski definition) is 1. The summed E-state index contributed by atoms with van der Waals surface area (Å²) in [5.74, 6) is 0. The van der Waals surface area contributed by atoms with E-state index >= 15 is 0 Å². The van der Waals surface area contributed by atoms with Crippen LogP contribution in [0.5, 0.6) is 6.01 Å². The lowest BCUT2D eigenvalue weighted by Gasteiger charge is -2.32. The van der Waals surface area contributed by atoms with Gasteiger partial charge in [-0.2, -0.15) is 18.2 Å². The van der Waals surface area contributed by atoms with Crippen LogP contribution in [0.3, 0.4) is 0 Å². The maximum Gasteiger partial charge on any atom is 0.433 e. The predicted octanol–water partition coefficient (Wildman–Crippen LogP) is 2.46. The molecule has 2 rings (SSSR count). The lowest BCUT2D eigenvalue weighted by Crippen LogP contribution is -2.50. The number of carbonyl (C=O) groups is 1. The van der Waals surface area contributed by atoms with Crippen LogP contribution in [-0.2, 0) is 6.18 Å². The maximum atomic E-state index is 12.6. The third kappa shape index (κ3) is 4.97. The molecule has 1 aromatic heterocycles. The van der Waals surface area contributed by atoms with Gasteiger partial charge in [0.05, 0.1) is 6.54 Å². The first-order valence-electron chi connectivity index (χ1n) is 7.38. The Kier molecular flexibility index (Phi) is 5.27. The zero-order valence-electron chi connectivity index (χ0n) is 12.9. The Hall–Kier alpha value is -2.06.